The fourth-order valence-electron chi connectivity index (χ4n) is 1.92. The molecule has 108 valence electrons. The van der Waals surface area contributed by atoms with Crippen LogP contribution in [0, 0.1) is 5.41 Å². The minimum Gasteiger partial charge on any atom is -0.481 e. The first-order chi connectivity index (χ1) is 8.91. The number of aliphatic carboxylic acids is 1. The topological polar surface area (TPSA) is 78.9 Å². The maximum Gasteiger partial charge on any atom is 0.317 e. The number of amides is 2. The largest absolute Gasteiger partial charge is 0.481 e. The predicted molar refractivity (Wildman–Crippen MR) is 70.9 cm³/mol. The molecule has 0 aliphatic carbocycles. The zero-order valence-corrected chi connectivity index (χ0v) is 11.5. The van der Waals surface area contributed by atoms with E-state index in [-0.39, 0.29) is 19.2 Å². The van der Waals surface area contributed by atoms with Crippen LogP contribution in [0.4, 0.5) is 4.79 Å². The second kappa shape index (κ2) is 6.56. The minimum atomic E-state index is -1.06. The highest BCUT2D eigenvalue weighted by atomic mass is 16.5. The van der Waals surface area contributed by atoms with E-state index >= 15 is 0 Å². The van der Waals surface area contributed by atoms with Crippen molar-refractivity contribution in [2.75, 3.05) is 26.8 Å². The van der Waals surface area contributed by atoms with E-state index in [0.717, 1.165) is 12.8 Å². The fraction of sp³-hybridized carbons (Fsp3) is 0.692. The monoisotopic (exact) mass is 270 g/mol. The Morgan fingerprint density at radius 1 is 1.63 bits per heavy atom. The van der Waals surface area contributed by atoms with E-state index in [1.807, 2.05) is 0 Å². The molecule has 0 saturated carbocycles. The maximum atomic E-state index is 11.9. The Bertz CT molecular complexity index is 359. The summed E-state index contributed by atoms with van der Waals surface area (Å²) in [7, 11) is 1.69. The molecule has 6 nitrogen and oxygen atoms in total. The lowest BCUT2D eigenvalue weighted by atomic mass is 9.85. The Hall–Kier alpha value is -1.56. The molecule has 1 aliphatic rings. The molecular weight excluding hydrogens is 248 g/mol. The van der Waals surface area contributed by atoms with Gasteiger partial charge in [-0.25, -0.2) is 4.79 Å². The summed E-state index contributed by atoms with van der Waals surface area (Å²) in [5.41, 5.74) is -1.06. The number of unbranched alkanes of at least 4 members (excludes halogenated alkanes) is 1. The number of carbonyl (C=O) groups excluding carboxylic acids is 1. The number of hydrogen-bond donors (Lipinski definition) is 2. The molecule has 6 heteroatoms. The van der Waals surface area contributed by atoms with E-state index in [0.29, 0.717) is 6.54 Å². The minimum absolute atomic E-state index is 0.119. The molecule has 2 atom stereocenters. The Morgan fingerprint density at radius 3 is 2.89 bits per heavy atom. The Balaban J connectivity index is 2.51. The van der Waals surface area contributed by atoms with Gasteiger partial charge in [0.15, 0.2) is 0 Å². The lowest BCUT2D eigenvalue weighted by Gasteiger charge is -2.27. The van der Waals surface area contributed by atoms with Crippen LogP contribution in [0.25, 0.3) is 0 Å². The van der Waals surface area contributed by atoms with Gasteiger partial charge in [0, 0.05) is 13.6 Å². The quantitative estimate of drug-likeness (QED) is 0.559. The summed E-state index contributed by atoms with van der Waals surface area (Å²) in [5, 5.41) is 11.9. The predicted octanol–water partition coefficient (Wildman–Crippen LogP) is 1.08. The van der Waals surface area contributed by atoms with Crippen molar-refractivity contribution in [3.05, 3.63) is 12.7 Å². The summed E-state index contributed by atoms with van der Waals surface area (Å²) in [6.45, 7) is 6.17. The third-order valence-electron chi connectivity index (χ3n) is 3.49. The van der Waals surface area contributed by atoms with Crippen LogP contribution in [0.5, 0.6) is 0 Å². The van der Waals surface area contributed by atoms with E-state index in [1.54, 1.807) is 24.9 Å². The summed E-state index contributed by atoms with van der Waals surface area (Å²) < 4.78 is 5.19. The number of rotatable bonds is 6. The molecule has 2 N–H and O–H groups in total. The maximum absolute atomic E-state index is 11.9. The van der Waals surface area contributed by atoms with E-state index in [2.05, 4.69) is 11.9 Å². The smallest absolute Gasteiger partial charge is 0.317 e. The van der Waals surface area contributed by atoms with Gasteiger partial charge in [-0.15, -0.1) is 6.58 Å². The number of carboxylic acids is 1. The van der Waals surface area contributed by atoms with Gasteiger partial charge in [0.25, 0.3) is 0 Å². The molecule has 2 unspecified atom stereocenters. The zero-order valence-electron chi connectivity index (χ0n) is 11.5. The van der Waals surface area contributed by atoms with Crippen molar-refractivity contribution in [2.24, 2.45) is 5.41 Å². The van der Waals surface area contributed by atoms with Crippen LogP contribution in [0.2, 0.25) is 0 Å². The first-order valence-electron chi connectivity index (χ1n) is 6.35. The van der Waals surface area contributed by atoms with Gasteiger partial charge in [-0.3, -0.25) is 4.79 Å². The van der Waals surface area contributed by atoms with Crippen molar-refractivity contribution in [2.45, 2.75) is 25.8 Å². The molecule has 0 bridgehead atoms. The van der Waals surface area contributed by atoms with Crippen LogP contribution in [-0.4, -0.2) is 54.9 Å². The van der Waals surface area contributed by atoms with Crippen LogP contribution in [-0.2, 0) is 9.53 Å². The van der Waals surface area contributed by atoms with Crippen molar-refractivity contribution < 1.29 is 19.4 Å². The standard InChI is InChI=1S/C13H22N2O4/c1-4-5-6-7-15(3)12(18)14-10-8-19-9-13(10,2)11(16)17/h4,10H,1,5-9H2,2-3H3,(H,14,18)(H,16,17). The van der Waals surface area contributed by atoms with Crippen LogP contribution < -0.4 is 5.32 Å². The second-order valence-electron chi connectivity index (χ2n) is 5.09. The molecule has 0 radical (unpaired) electrons. The summed E-state index contributed by atoms with van der Waals surface area (Å²) >= 11 is 0. The molecule has 0 aromatic carbocycles. The van der Waals surface area contributed by atoms with Crippen molar-refractivity contribution in [1.29, 1.82) is 0 Å². The van der Waals surface area contributed by atoms with Gasteiger partial charge in [-0.05, 0) is 19.8 Å². The second-order valence-corrected chi connectivity index (χ2v) is 5.09. The number of nitrogens with one attached hydrogen (secondary N) is 1. The number of urea groups is 1. The summed E-state index contributed by atoms with van der Waals surface area (Å²) in [4.78, 5) is 24.7. The Labute approximate surface area is 113 Å². The highest BCUT2D eigenvalue weighted by Crippen LogP contribution is 2.28. The van der Waals surface area contributed by atoms with Crippen LogP contribution in [0.1, 0.15) is 19.8 Å². The normalized spacial score (nSPS) is 25.9. The summed E-state index contributed by atoms with van der Waals surface area (Å²) in [6.07, 6.45) is 3.49. The lowest BCUT2D eigenvalue weighted by Crippen LogP contribution is -2.52. The molecule has 1 fully saturated rings. The molecule has 0 spiro atoms. The van der Waals surface area contributed by atoms with Gasteiger partial charge in [-0.1, -0.05) is 6.08 Å². The Kier molecular flexibility index (Phi) is 5.35. The lowest BCUT2D eigenvalue weighted by molar-refractivity contribution is -0.148. The van der Waals surface area contributed by atoms with E-state index < -0.39 is 17.4 Å². The number of allylic oxidation sites excluding steroid dienone is 1. The van der Waals surface area contributed by atoms with Gasteiger partial charge in [0.1, 0.15) is 5.41 Å². The molecular formula is C13H22N2O4. The summed E-state index contributed by atoms with van der Waals surface area (Å²) in [6, 6.07) is -0.772. The van der Waals surface area contributed by atoms with Crippen molar-refractivity contribution in [3.63, 3.8) is 0 Å². The molecule has 2 amide bonds. The molecule has 19 heavy (non-hydrogen) atoms. The van der Waals surface area contributed by atoms with Crippen molar-refractivity contribution >= 4 is 12.0 Å². The SMILES string of the molecule is C=CCCCN(C)C(=O)NC1COCC1(C)C(=O)O. The van der Waals surface area contributed by atoms with Gasteiger partial charge in [0.2, 0.25) is 0 Å². The number of carbonyl (C=O) groups is 2. The number of nitrogens with zero attached hydrogens (tertiary/aromatic N) is 1. The zero-order chi connectivity index (χ0) is 14.5. The van der Waals surface area contributed by atoms with Crippen LogP contribution in [0.3, 0.4) is 0 Å². The van der Waals surface area contributed by atoms with E-state index in [9.17, 15) is 14.7 Å². The number of carboxylic acid groups (broad SMARTS) is 1. The molecule has 0 aromatic heterocycles. The number of ether oxygens (including phenoxy) is 1. The average Bonchev–Trinajstić information content (AvgIpc) is 2.72. The molecule has 1 aliphatic heterocycles. The average molecular weight is 270 g/mol. The molecule has 1 heterocycles. The van der Waals surface area contributed by atoms with Gasteiger partial charge >= 0.3 is 12.0 Å². The third kappa shape index (κ3) is 3.70. The first-order valence-corrected chi connectivity index (χ1v) is 6.35. The first kappa shape index (κ1) is 15.5. The van der Waals surface area contributed by atoms with Gasteiger partial charge in [-0.2, -0.15) is 0 Å². The summed E-state index contributed by atoms with van der Waals surface area (Å²) in [5.74, 6) is -0.954. The Morgan fingerprint density at radius 2 is 2.32 bits per heavy atom. The van der Waals surface area contributed by atoms with Crippen molar-refractivity contribution in [3.8, 4) is 0 Å². The molecule has 0 aromatic rings. The van der Waals surface area contributed by atoms with Gasteiger partial charge < -0.3 is 20.1 Å². The van der Waals surface area contributed by atoms with Crippen molar-refractivity contribution in [1.82, 2.24) is 10.2 Å². The van der Waals surface area contributed by atoms with Crippen LogP contribution in [0.15, 0.2) is 12.7 Å². The number of hydrogen-bond acceptors (Lipinski definition) is 3. The molecule has 1 rings (SSSR count). The fourth-order valence-corrected chi connectivity index (χ4v) is 1.92. The van der Waals surface area contributed by atoms with Crippen LogP contribution >= 0.6 is 0 Å². The molecule has 1 saturated heterocycles. The van der Waals surface area contributed by atoms with E-state index in [1.165, 1.54) is 0 Å². The highest BCUT2D eigenvalue weighted by Gasteiger charge is 2.47. The van der Waals surface area contributed by atoms with E-state index in [4.69, 9.17) is 4.74 Å². The third-order valence-corrected chi connectivity index (χ3v) is 3.49. The highest BCUT2D eigenvalue weighted by molar-refractivity contribution is 5.79. The van der Waals surface area contributed by atoms with Gasteiger partial charge in [0.05, 0.1) is 19.3 Å².